The van der Waals surface area contributed by atoms with Crippen molar-refractivity contribution >= 4 is 17.3 Å². The van der Waals surface area contributed by atoms with Crippen LogP contribution in [-0.4, -0.2) is 17.9 Å². The number of aromatic nitrogens is 1. The molecule has 0 aliphatic rings. The number of benzene rings is 2. The quantitative estimate of drug-likeness (QED) is 0.741. The number of anilines is 2. The largest absolute Gasteiger partial charge is 0.453 e. The lowest BCUT2D eigenvalue weighted by Crippen LogP contribution is -2.12. The molecule has 0 unspecified atom stereocenters. The number of para-hydroxylation sites is 2. The van der Waals surface area contributed by atoms with Crippen LogP contribution in [0.25, 0.3) is 0 Å². The van der Waals surface area contributed by atoms with Crippen LogP contribution >= 0.6 is 0 Å². The van der Waals surface area contributed by atoms with E-state index < -0.39 is 0 Å². The molecule has 1 amide bonds. The Morgan fingerprint density at radius 2 is 1.62 bits per heavy atom. The highest BCUT2D eigenvalue weighted by Gasteiger charge is 2.11. The molecule has 0 saturated carbocycles. The van der Waals surface area contributed by atoms with Gasteiger partial charge in [-0.05, 0) is 24.3 Å². The highest BCUT2D eigenvalue weighted by Crippen LogP contribution is 2.33. The van der Waals surface area contributed by atoms with Gasteiger partial charge in [-0.25, -0.2) is 0 Å². The van der Waals surface area contributed by atoms with Crippen LogP contribution in [0.15, 0.2) is 73.1 Å². The topological polar surface area (TPSA) is 63.2 Å². The van der Waals surface area contributed by atoms with Crippen molar-refractivity contribution in [2.45, 2.75) is 0 Å². The number of nitrogens with zero attached hydrogens (tertiary/aromatic N) is 1. The van der Waals surface area contributed by atoms with Gasteiger partial charge in [-0.2, -0.15) is 0 Å². The Morgan fingerprint density at radius 1 is 0.917 bits per heavy atom. The molecular formula is C19H17N3O2. The van der Waals surface area contributed by atoms with Crippen molar-refractivity contribution in [2.75, 3.05) is 17.7 Å². The molecule has 0 radical (unpaired) electrons. The molecule has 2 N–H and O–H groups in total. The zero-order chi connectivity index (χ0) is 16.8. The summed E-state index contributed by atoms with van der Waals surface area (Å²) in [6, 6.07) is 18.3. The first kappa shape index (κ1) is 15.6. The minimum Gasteiger partial charge on any atom is -0.453 e. The molecular weight excluding hydrogens is 302 g/mol. The Labute approximate surface area is 140 Å². The van der Waals surface area contributed by atoms with Crippen LogP contribution in [0, 0.1) is 0 Å². The molecule has 1 aromatic heterocycles. The van der Waals surface area contributed by atoms with Crippen LogP contribution < -0.4 is 15.4 Å². The van der Waals surface area contributed by atoms with Gasteiger partial charge in [-0.3, -0.25) is 9.78 Å². The van der Waals surface area contributed by atoms with Gasteiger partial charge in [0.25, 0.3) is 5.91 Å². The summed E-state index contributed by atoms with van der Waals surface area (Å²) in [4.78, 5) is 16.4. The molecule has 3 aromatic rings. The molecule has 0 aliphatic heterocycles. The molecule has 0 atom stereocenters. The maximum Gasteiger partial charge on any atom is 0.255 e. The van der Waals surface area contributed by atoms with Crippen molar-refractivity contribution in [1.82, 2.24) is 4.98 Å². The second-order valence-electron chi connectivity index (χ2n) is 5.04. The normalized spacial score (nSPS) is 10.0. The molecule has 0 bridgehead atoms. The highest BCUT2D eigenvalue weighted by atomic mass is 16.5. The minimum atomic E-state index is -0.213. The summed E-state index contributed by atoms with van der Waals surface area (Å²) in [5.74, 6) is 0.980. The van der Waals surface area contributed by atoms with Gasteiger partial charge in [0.2, 0.25) is 0 Å². The average Bonchev–Trinajstić information content (AvgIpc) is 2.64. The molecule has 1 heterocycles. The smallest absolute Gasteiger partial charge is 0.255 e. The molecule has 0 aliphatic carbocycles. The lowest BCUT2D eigenvalue weighted by Gasteiger charge is -2.14. The van der Waals surface area contributed by atoms with E-state index in [9.17, 15) is 4.79 Å². The van der Waals surface area contributed by atoms with Crippen molar-refractivity contribution in [3.63, 3.8) is 0 Å². The third-order valence-electron chi connectivity index (χ3n) is 3.44. The Balaban J connectivity index is 1.84. The van der Waals surface area contributed by atoms with Crippen molar-refractivity contribution in [1.29, 1.82) is 0 Å². The van der Waals surface area contributed by atoms with Crippen LogP contribution in [0.1, 0.15) is 10.4 Å². The zero-order valence-corrected chi connectivity index (χ0v) is 13.2. The highest BCUT2D eigenvalue weighted by molar-refractivity contribution is 6.04. The number of carbonyl (C=O) groups excluding carboxylic acids is 1. The van der Waals surface area contributed by atoms with Crippen LogP contribution in [-0.2, 0) is 0 Å². The lowest BCUT2D eigenvalue weighted by atomic mass is 10.2. The van der Waals surface area contributed by atoms with E-state index in [1.807, 2.05) is 49.5 Å². The lowest BCUT2D eigenvalue weighted by molar-refractivity contribution is 0.102. The third-order valence-corrected chi connectivity index (χ3v) is 3.44. The molecule has 0 spiro atoms. The van der Waals surface area contributed by atoms with E-state index >= 15 is 0 Å². The van der Waals surface area contributed by atoms with E-state index in [0.29, 0.717) is 22.7 Å². The van der Waals surface area contributed by atoms with E-state index in [-0.39, 0.29) is 5.91 Å². The monoisotopic (exact) mass is 319 g/mol. The van der Waals surface area contributed by atoms with Gasteiger partial charge in [0.15, 0.2) is 11.5 Å². The van der Waals surface area contributed by atoms with Gasteiger partial charge in [0, 0.05) is 24.9 Å². The average molecular weight is 319 g/mol. The fourth-order valence-corrected chi connectivity index (χ4v) is 2.23. The summed E-state index contributed by atoms with van der Waals surface area (Å²) in [7, 11) is 1.83. The number of rotatable bonds is 5. The number of amides is 1. The summed E-state index contributed by atoms with van der Waals surface area (Å²) in [5.41, 5.74) is 1.94. The third kappa shape index (κ3) is 3.52. The molecule has 120 valence electrons. The van der Waals surface area contributed by atoms with Gasteiger partial charge in [0.1, 0.15) is 5.69 Å². The van der Waals surface area contributed by atoms with Crippen molar-refractivity contribution < 1.29 is 9.53 Å². The van der Waals surface area contributed by atoms with Crippen molar-refractivity contribution in [2.24, 2.45) is 0 Å². The Morgan fingerprint density at radius 3 is 2.42 bits per heavy atom. The maximum absolute atomic E-state index is 12.3. The summed E-state index contributed by atoms with van der Waals surface area (Å²) in [6.07, 6.45) is 3.19. The van der Waals surface area contributed by atoms with E-state index in [2.05, 4.69) is 15.6 Å². The number of hydrogen-bond acceptors (Lipinski definition) is 4. The predicted octanol–water partition coefficient (Wildman–Crippen LogP) is 4.17. The van der Waals surface area contributed by atoms with E-state index in [4.69, 9.17) is 4.74 Å². The van der Waals surface area contributed by atoms with Gasteiger partial charge in [-0.1, -0.05) is 30.3 Å². The number of ether oxygens (including phenoxy) is 1. The van der Waals surface area contributed by atoms with Gasteiger partial charge in [0.05, 0.1) is 11.9 Å². The standard InChI is InChI=1S/C19H17N3O2/c1-20-15-9-5-6-10-17(15)24-18-11-12-21-13-16(18)22-19(23)14-7-3-2-4-8-14/h2-13,20H,1H3,(H,22,23). The maximum atomic E-state index is 12.3. The number of hydrogen-bond donors (Lipinski definition) is 2. The van der Waals surface area contributed by atoms with Crippen LogP contribution in [0.4, 0.5) is 11.4 Å². The van der Waals surface area contributed by atoms with E-state index in [1.165, 1.54) is 0 Å². The zero-order valence-electron chi connectivity index (χ0n) is 13.2. The second-order valence-corrected chi connectivity index (χ2v) is 5.04. The molecule has 0 saturated heterocycles. The number of carbonyl (C=O) groups is 1. The fourth-order valence-electron chi connectivity index (χ4n) is 2.23. The van der Waals surface area contributed by atoms with Crippen molar-refractivity contribution in [3.05, 3.63) is 78.6 Å². The molecule has 5 nitrogen and oxygen atoms in total. The number of nitrogens with one attached hydrogen (secondary N) is 2. The Bertz CT molecular complexity index is 835. The number of pyridine rings is 1. The first-order valence-corrected chi connectivity index (χ1v) is 7.53. The minimum absolute atomic E-state index is 0.213. The second kappa shape index (κ2) is 7.28. The van der Waals surface area contributed by atoms with Gasteiger partial charge < -0.3 is 15.4 Å². The predicted molar refractivity (Wildman–Crippen MR) is 94.7 cm³/mol. The molecule has 0 fully saturated rings. The van der Waals surface area contributed by atoms with E-state index in [0.717, 1.165) is 5.69 Å². The summed E-state index contributed by atoms with van der Waals surface area (Å²) >= 11 is 0. The first-order chi connectivity index (χ1) is 11.8. The summed E-state index contributed by atoms with van der Waals surface area (Å²) in [5, 5.41) is 5.91. The summed E-state index contributed by atoms with van der Waals surface area (Å²) in [6.45, 7) is 0. The first-order valence-electron chi connectivity index (χ1n) is 7.53. The molecule has 5 heteroatoms. The van der Waals surface area contributed by atoms with E-state index in [1.54, 1.807) is 30.6 Å². The fraction of sp³-hybridized carbons (Fsp3) is 0.0526. The Hall–Kier alpha value is -3.34. The van der Waals surface area contributed by atoms with Gasteiger partial charge >= 0.3 is 0 Å². The SMILES string of the molecule is CNc1ccccc1Oc1ccncc1NC(=O)c1ccccc1. The summed E-state index contributed by atoms with van der Waals surface area (Å²) < 4.78 is 5.95. The van der Waals surface area contributed by atoms with Crippen LogP contribution in [0.5, 0.6) is 11.5 Å². The van der Waals surface area contributed by atoms with Gasteiger partial charge in [-0.15, -0.1) is 0 Å². The Kier molecular flexibility index (Phi) is 4.72. The van der Waals surface area contributed by atoms with Crippen molar-refractivity contribution in [3.8, 4) is 11.5 Å². The molecule has 24 heavy (non-hydrogen) atoms. The van der Waals surface area contributed by atoms with Crippen LogP contribution in [0.3, 0.4) is 0 Å². The molecule has 3 rings (SSSR count). The van der Waals surface area contributed by atoms with Crippen LogP contribution in [0.2, 0.25) is 0 Å². The molecule has 2 aromatic carbocycles.